The number of aryl methyl sites for hydroxylation is 1. The largest absolute Gasteiger partial charge is 0.333 e. The molecule has 0 bridgehead atoms. The van der Waals surface area contributed by atoms with Crippen LogP contribution in [-0.4, -0.2) is 15.5 Å². The van der Waals surface area contributed by atoms with E-state index in [9.17, 15) is 14.4 Å². The molecule has 0 saturated heterocycles. The maximum Gasteiger partial charge on any atom is 0.333 e. The van der Waals surface area contributed by atoms with Gasteiger partial charge in [0.1, 0.15) is 0 Å². The number of H-pyrrole nitrogens is 1. The molecule has 0 aliphatic carbocycles. The van der Waals surface area contributed by atoms with Crippen LogP contribution >= 0.6 is 0 Å². The van der Waals surface area contributed by atoms with E-state index >= 15 is 0 Å². The van der Waals surface area contributed by atoms with Crippen molar-refractivity contribution in [2.75, 3.05) is 5.32 Å². The number of nitrogens with one attached hydrogen (secondary N) is 2. The summed E-state index contributed by atoms with van der Waals surface area (Å²) in [6.07, 6.45) is 0. The number of carbonyl (C=O) groups is 1. The van der Waals surface area contributed by atoms with Crippen LogP contribution in [0.1, 0.15) is 15.9 Å². The Hall–Kier alpha value is -3.93. The second-order valence-corrected chi connectivity index (χ2v) is 6.48. The van der Waals surface area contributed by atoms with Gasteiger partial charge in [0.2, 0.25) is 0 Å². The molecule has 4 aromatic rings. The van der Waals surface area contributed by atoms with Crippen LogP contribution in [0.15, 0.2) is 82.4 Å². The summed E-state index contributed by atoms with van der Waals surface area (Å²) in [5.41, 5.74) is 2.17. The minimum Gasteiger partial charge on any atom is -0.322 e. The number of amides is 1. The highest BCUT2D eigenvalue weighted by Gasteiger charge is 2.11. The van der Waals surface area contributed by atoms with E-state index in [1.165, 1.54) is 0 Å². The number of nitrogens with zero attached hydrogens (tertiary/aromatic N) is 1. The predicted octanol–water partition coefficient (Wildman–Crippen LogP) is 3.24. The topological polar surface area (TPSA) is 84.0 Å². The van der Waals surface area contributed by atoms with Crippen LogP contribution < -0.4 is 16.6 Å². The van der Waals surface area contributed by atoms with Gasteiger partial charge < -0.3 is 10.3 Å². The lowest BCUT2D eigenvalue weighted by atomic mass is 10.1. The van der Waals surface area contributed by atoms with Gasteiger partial charge in [0, 0.05) is 11.3 Å². The number of hydrogen-bond acceptors (Lipinski definition) is 3. The number of para-hydroxylation sites is 1. The molecule has 3 aromatic carbocycles. The number of hydrogen-bond donors (Lipinski definition) is 2. The molecule has 0 aliphatic rings. The van der Waals surface area contributed by atoms with Gasteiger partial charge in [-0.3, -0.25) is 9.59 Å². The molecule has 1 aromatic heterocycles. The van der Waals surface area contributed by atoms with Crippen LogP contribution in [0.5, 0.6) is 0 Å². The maximum atomic E-state index is 12.7. The third kappa shape index (κ3) is 3.23. The summed E-state index contributed by atoms with van der Waals surface area (Å²) in [6.45, 7) is 1.97. The first-order valence-corrected chi connectivity index (χ1v) is 8.75. The van der Waals surface area contributed by atoms with Gasteiger partial charge in [0.25, 0.3) is 11.5 Å². The first-order chi connectivity index (χ1) is 13.5. The van der Waals surface area contributed by atoms with Crippen LogP contribution in [0.3, 0.4) is 0 Å². The van der Waals surface area contributed by atoms with E-state index in [-0.39, 0.29) is 5.91 Å². The van der Waals surface area contributed by atoms with Crippen LogP contribution in [0.25, 0.3) is 16.6 Å². The van der Waals surface area contributed by atoms with Gasteiger partial charge in [-0.25, -0.2) is 9.36 Å². The number of rotatable bonds is 3. The monoisotopic (exact) mass is 371 g/mol. The Kier molecular flexibility index (Phi) is 4.37. The molecule has 0 spiro atoms. The molecule has 0 fully saturated rings. The van der Waals surface area contributed by atoms with Gasteiger partial charge in [0.05, 0.1) is 16.6 Å². The molecule has 138 valence electrons. The molecule has 1 amide bonds. The maximum absolute atomic E-state index is 12.7. The summed E-state index contributed by atoms with van der Waals surface area (Å²) in [4.78, 5) is 40.2. The van der Waals surface area contributed by atoms with Crippen molar-refractivity contribution in [1.82, 2.24) is 9.55 Å². The second kappa shape index (κ2) is 7.00. The van der Waals surface area contributed by atoms with E-state index in [1.54, 1.807) is 48.5 Å². The third-order valence-electron chi connectivity index (χ3n) is 4.50. The number of aromatic nitrogens is 2. The van der Waals surface area contributed by atoms with Crippen molar-refractivity contribution in [3.63, 3.8) is 0 Å². The fraction of sp³-hybridized carbons (Fsp3) is 0.0455. The van der Waals surface area contributed by atoms with E-state index in [0.29, 0.717) is 27.8 Å². The van der Waals surface area contributed by atoms with E-state index < -0.39 is 11.2 Å². The van der Waals surface area contributed by atoms with Crippen molar-refractivity contribution in [3.05, 3.63) is 105 Å². The molecule has 0 aliphatic heterocycles. The van der Waals surface area contributed by atoms with E-state index in [0.717, 1.165) is 10.1 Å². The summed E-state index contributed by atoms with van der Waals surface area (Å²) in [7, 11) is 0. The minimum absolute atomic E-state index is 0.268. The average molecular weight is 371 g/mol. The SMILES string of the molecule is Cc1ccc(NC(=O)c2ccc(-n3c(=O)[nH]c4ccccc4c3=O)cc2)cc1. The molecule has 1 heterocycles. The van der Waals surface area contributed by atoms with Crippen LogP contribution in [-0.2, 0) is 0 Å². The van der Waals surface area contributed by atoms with Gasteiger partial charge in [-0.15, -0.1) is 0 Å². The van der Waals surface area contributed by atoms with Crippen molar-refractivity contribution < 1.29 is 4.79 Å². The molecule has 6 nitrogen and oxygen atoms in total. The summed E-state index contributed by atoms with van der Waals surface area (Å²) in [6, 6.07) is 20.6. The lowest BCUT2D eigenvalue weighted by Crippen LogP contribution is -2.33. The van der Waals surface area contributed by atoms with Crippen molar-refractivity contribution >= 4 is 22.5 Å². The van der Waals surface area contributed by atoms with Crippen molar-refractivity contribution in [1.29, 1.82) is 0 Å². The number of aromatic amines is 1. The van der Waals surface area contributed by atoms with Crippen molar-refractivity contribution in [3.8, 4) is 5.69 Å². The van der Waals surface area contributed by atoms with Crippen molar-refractivity contribution in [2.24, 2.45) is 0 Å². The zero-order valence-electron chi connectivity index (χ0n) is 15.1. The number of anilines is 1. The molecular weight excluding hydrogens is 354 g/mol. The van der Waals surface area contributed by atoms with E-state index in [2.05, 4.69) is 10.3 Å². The molecule has 2 N–H and O–H groups in total. The normalized spacial score (nSPS) is 10.8. The zero-order valence-corrected chi connectivity index (χ0v) is 15.1. The Morgan fingerprint density at radius 2 is 1.57 bits per heavy atom. The van der Waals surface area contributed by atoms with Crippen molar-refractivity contribution in [2.45, 2.75) is 6.92 Å². The smallest absolute Gasteiger partial charge is 0.322 e. The summed E-state index contributed by atoms with van der Waals surface area (Å²) < 4.78 is 1.06. The Balaban J connectivity index is 1.66. The average Bonchev–Trinajstić information content (AvgIpc) is 2.70. The van der Waals surface area contributed by atoms with Crippen LogP contribution in [0, 0.1) is 6.92 Å². The summed E-state index contributed by atoms with van der Waals surface area (Å²) in [5.74, 6) is -0.268. The Bertz CT molecular complexity index is 1280. The standard InChI is InChI=1S/C22H17N3O3/c1-14-6-10-16(11-7-14)23-20(26)15-8-12-17(13-9-15)25-21(27)18-4-2-3-5-19(18)24-22(25)28/h2-13H,1H3,(H,23,26)(H,24,28). The Labute approximate surface area is 160 Å². The summed E-state index contributed by atoms with van der Waals surface area (Å²) in [5, 5.41) is 3.24. The fourth-order valence-corrected chi connectivity index (χ4v) is 3.00. The summed E-state index contributed by atoms with van der Waals surface area (Å²) >= 11 is 0. The van der Waals surface area contributed by atoms with Gasteiger partial charge in [-0.2, -0.15) is 0 Å². The van der Waals surface area contributed by atoms with Gasteiger partial charge in [-0.1, -0.05) is 29.8 Å². The Morgan fingerprint density at radius 1 is 0.893 bits per heavy atom. The van der Waals surface area contributed by atoms with E-state index in [4.69, 9.17) is 0 Å². The highest BCUT2D eigenvalue weighted by atomic mass is 16.2. The number of fused-ring (bicyclic) bond motifs is 1. The predicted molar refractivity (Wildman–Crippen MR) is 109 cm³/mol. The first kappa shape index (κ1) is 17.5. The molecule has 28 heavy (non-hydrogen) atoms. The van der Waals surface area contributed by atoms with Crippen LogP contribution in [0.2, 0.25) is 0 Å². The molecule has 0 unspecified atom stereocenters. The minimum atomic E-state index is -0.527. The van der Waals surface area contributed by atoms with Gasteiger partial charge in [0.15, 0.2) is 0 Å². The molecule has 4 rings (SSSR count). The number of carbonyl (C=O) groups excluding carboxylic acids is 1. The molecule has 0 atom stereocenters. The van der Waals surface area contributed by atoms with Gasteiger partial charge >= 0.3 is 5.69 Å². The fourth-order valence-electron chi connectivity index (χ4n) is 3.00. The van der Waals surface area contributed by atoms with E-state index in [1.807, 2.05) is 31.2 Å². The highest BCUT2D eigenvalue weighted by Crippen LogP contribution is 2.13. The van der Waals surface area contributed by atoms with Gasteiger partial charge in [-0.05, 0) is 55.5 Å². The molecule has 0 saturated carbocycles. The quantitative estimate of drug-likeness (QED) is 0.580. The number of benzene rings is 3. The lowest BCUT2D eigenvalue weighted by molar-refractivity contribution is 0.102. The molecule has 0 radical (unpaired) electrons. The third-order valence-corrected chi connectivity index (χ3v) is 4.50. The Morgan fingerprint density at radius 3 is 2.29 bits per heavy atom. The second-order valence-electron chi connectivity index (χ2n) is 6.48. The highest BCUT2D eigenvalue weighted by molar-refractivity contribution is 6.04. The first-order valence-electron chi connectivity index (χ1n) is 8.75. The zero-order chi connectivity index (χ0) is 19.7. The van der Waals surface area contributed by atoms with Crippen LogP contribution in [0.4, 0.5) is 5.69 Å². The molecule has 6 heteroatoms. The molecular formula is C22H17N3O3. The lowest BCUT2D eigenvalue weighted by Gasteiger charge is -2.08.